The summed E-state index contributed by atoms with van der Waals surface area (Å²) in [5.41, 5.74) is 5.03. The van der Waals surface area contributed by atoms with Crippen LogP contribution in [0.1, 0.15) is 35.3 Å². The summed E-state index contributed by atoms with van der Waals surface area (Å²) >= 11 is 1.77. The third-order valence-corrected chi connectivity index (χ3v) is 4.84. The zero-order valence-corrected chi connectivity index (χ0v) is 12.1. The van der Waals surface area contributed by atoms with Gasteiger partial charge in [-0.1, -0.05) is 31.2 Å². The Morgan fingerprint density at radius 1 is 1.42 bits per heavy atom. The Morgan fingerprint density at radius 2 is 2.32 bits per heavy atom. The van der Waals surface area contributed by atoms with Crippen LogP contribution in [-0.2, 0) is 12.8 Å². The van der Waals surface area contributed by atoms with Crippen LogP contribution in [0.2, 0.25) is 0 Å². The van der Waals surface area contributed by atoms with E-state index in [4.69, 9.17) is 0 Å². The van der Waals surface area contributed by atoms with E-state index in [1.54, 1.807) is 22.5 Å². The molecule has 2 unspecified atom stereocenters. The van der Waals surface area contributed by atoms with Crippen LogP contribution in [-0.4, -0.2) is 17.6 Å². The fraction of sp³-hybridized carbons (Fsp3) is 0.438. The minimum Gasteiger partial charge on any atom is -0.313 e. The molecule has 1 aromatic heterocycles. The number of likely N-dealkylation sites (N-methyl/N-ethyl adjacent to an activating group) is 1. The maximum Gasteiger partial charge on any atom is 0.0794 e. The van der Waals surface area contributed by atoms with Crippen molar-refractivity contribution in [1.82, 2.24) is 10.3 Å². The van der Waals surface area contributed by atoms with Crippen LogP contribution < -0.4 is 5.32 Å². The summed E-state index contributed by atoms with van der Waals surface area (Å²) in [6.45, 7) is 3.22. The molecule has 0 spiro atoms. The minimum atomic E-state index is 0.536. The van der Waals surface area contributed by atoms with Crippen molar-refractivity contribution < 1.29 is 0 Å². The van der Waals surface area contributed by atoms with Crippen molar-refractivity contribution in [1.29, 1.82) is 0 Å². The topological polar surface area (TPSA) is 24.9 Å². The first kappa shape index (κ1) is 12.8. The molecule has 1 N–H and O–H groups in total. The van der Waals surface area contributed by atoms with Gasteiger partial charge in [-0.3, -0.25) is 4.98 Å². The van der Waals surface area contributed by atoms with Crippen molar-refractivity contribution in [3.63, 3.8) is 0 Å². The number of benzene rings is 1. The number of thiazole rings is 1. The number of nitrogens with zero attached hydrogens (tertiary/aromatic N) is 1. The molecule has 3 heteroatoms. The summed E-state index contributed by atoms with van der Waals surface area (Å²) in [5, 5.41) is 3.68. The Kier molecular flexibility index (Phi) is 3.95. The average Bonchev–Trinajstić information content (AvgIpc) is 3.07. The Bertz CT molecular complexity index is 521. The van der Waals surface area contributed by atoms with Crippen molar-refractivity contribution in [2.45, 2.75) is 38.1 Å². The van der Waals surface area contributed by atoms with Gasteiger partial charge in [-0.25, -0.2) is 0 Å². The molecule has 2 nitrogen and oxygen atoms in total. The highest BCUT2D eigenvalue weighted by Gasteiger charge is 2.29. The van der Waals surface area contributed by atoms with Crippen LogP contribution in [0, 0.1) is 0 Å². The van der Waals surface area contributed by atoms with E-state index in [0.29, 0.717) is 12.0 Å². The summed E-state index contributed by atoms with van der Waals surface area (Å²) in [7, 11) is 0. The number of rotatable bonds is 5. The first-order valence-corrected chi connectivity index (χ1v) is 7.95. The van der Waals surface area contributed by atoms with Gasteiger partial charge in [0.2, 0.25) is 0 Å². The van der Waals surface area contributed by atoms with Gasteiger partial charge in [0.25, 0.3) is 0 Å². The zero-order chi connectivity index (χ0) is 13.1. The second-order valence-electron chi connectivity index (χ2n) is 5.18. The molecule has 100 valence electrons. The van der Waals surface area contributed by atoms with E-state index in [1.165, 1.54) is 17.7 Å². The molecule has 0 amide bonds. The summed E-state index contributed by atoms with van der Waals surface area (Å²) in [5.74, 6) is 0.651. The van der Waals surface area contributed by atoms with E-state index in [-0.39, 0.29) is 0 Å². The third-order valence-electron chi connectivity index (χ3n) is 4.04. The Hall–Kier alpha value is -1.19. The Balaban J connectivity index is 1.81. The van der Waals surface area contributed by atoms with Crippen LogP contribution in [0.5, 0.6) is 0 Å². The van der Waals surface area contributed by atoms with E-state index < -0.39 is 0 Å². The fourth-order valence-electron chi connectivity index (χ4n) is 3.19. The predicted octanol–water partition coefficient (Wildman–Crippen LogP) is 3.39. The van der Waals surface area contributed by atoms with E-state index >= 15 is 0 Å². The molecular formula is C16H20N2S. The molecule has 3 rings (SSSR count). The quantitative estimate of drug-likeness (QED) is 0.902. The average molecular weight is 272 g/mol. The molecule has 1 aliphatic rings. The molecule has 0 bridgehead atoms. The normalized spacial score (nSPS) is 19.3. The predicted molar refractivity (Wildman–Crippen MR) is 80.8 cm³/mol. The van der Waals surface area contributed by atoms with Crippen molar-refractivity contribution in [2.75, 3.05) is 6.54 Å². The smallest absolute Gasteiger partial charge is 0.0794 e. The highest BCUT2D eigenvalue weighted by Crippen LogP contribution is 2.36. The van der Waals surface area contributed by atoms with E-state index in [9.17, 15) is 0 Å². The SMILES string of the molecule is CCNC(Cc1cncs1)C1CCc2ccccc21. The van der Waals surface area contributed by atoms with Gasteiger partial charge in [-0.05, 0) is 36.9 Å². The van der Waals surface area contributed by atoms with Gasteiger partial charge in [0, 0.05) is 23.0 Å². The minimum absolute atomic E-state index is 0.536. The van der Waals surface area contributed by atoms with Crippen molar-refractivity contribution in [2.24, 2.45) is 0 Å². The molecule has 0 aliphatic heterocycles. The molecule has 1 aromatic carbocycles. The standard InChI is InChI=1S/C16H20N2S/c1-2-18-16(9-13-10-17-11-19-13)15-8-7-12-5-3-4-6-14(12)15/h3-6,10-11,15-16,18H,2,7-9H2,1H3. The highest BCUT2D eigenvalue weighted by molar-refractivity contribution is 7.09. The monoisotopic (exact) mass is 272 g/mol. The number of aryl methyl sites for hydroxylation is 1. The van der Waals surface area contributed by atoms with Crippen LogP contribution in [0.4, 0.5) is 0 Å². The molecule has 2 atom stereocenters. The van der Waals surface area contributed by atoms with Crippen molar-refractivity contribution in [3.05, 3.63) is 52.0 Å². The number of nitrogens with one attached hydrogen (secondary N) is 1. The second-order valence-corrected chi connectivity index (χ2v) is 6.15. The van der Waals surface area contributed by atoms with Gasteiger partial charge in [-0.15, -0.1) is 11.3 Å². The zero-order valence-electron chi connectivity index (χ0n) is 11.3. The molecule has 2 aromatic rings. The van der Waals surface area contributed by atoms with Gasteiger partial charge in [0.05, 0.1) is 5.51 Å². The maximum atomic E-state index is 4.20. The summed E-state index contributed by atoms with van der Waals surface area (Å²) < 4.78 is 0. The van der Waals surface area contributed by atoms with Gasteiger partial charge in [-0.2, -0.15) is 0 Å². The van der Waals surface area contributed by atoms with Gasteiger partial charge in [0.15, 0.2) is 0 Å². The number of hydrogen-bond acceptors (Lipinski definition) is 3. The third kappa shape index (κ3) is 2.72. The first-order valence-electron chi connectivity index (χ1n) is 7.07. The van der Waals surface area contributed by atoms with Gasteiger partial charge < -0.3 is 5.32 Å². The lowest BCUT2D eigenvalue weighted by atomic mass is 9.90. The molecule has 0 fully saturated rings. The summed E-state index contributed by atoms with van der Waals surface area (Å²) in [6.07, 6.45) is 5.61. The Labute approximate surface area is 118 Å². The van der Waals surface area contributed by atoms with Crippen molar-refractivity contribution in [3.8, 4) is 0 Å². The van der Waals surface area contributed by atoms with Crippen molar-refractivity contribution >= 4 is 11.3 Å². The lowest BCUT2D eigenvalue weighted by molar-refractivity contribution is 0.437. The molecule has 0 radical (unpaired) electrons. The van der Waals surface area contributed by atoms with Gasteiger partial charge in [0.1, 0.15) is 0 Å². The fourth-order valence-corrected chi connectivity index (χ4v) is 3.84. The second kappa shape index (κ2) is 5.85. The van der Waals surface area contributed by atoms with E-state index in [1.807, 2.05) is 11.7 Å². The molecule has 19 heavy (non-hydrogen) atoms. The van der Waals surface area contributed by atoms with E-state index in [2.05, 4.69) is 41.5 Å². The lowest BCUT2D eigenvalue weighted by Gasteiger charge is -2.25. The summed E-state index contributed by atoms with van der Waals surface area (Å²) in [4.78, 5) is 5.58. The molecule has 0 saturated heterocycles. The Morgan fingerprint density at radius 3 is 3.11 bits per heavy atom. The summed E-state index contributed by atoms with van der Waals surface area (Å²) in [6, 6.07) is 9.46. The van der Waals surface area contributed by atoms with Gasteiger partial charge >= 0.3 is 0 Å². The molecular weight excluding hydrogens is 252 g/mol. The molecule has 1 heterocycles. The van der Waals surface area contributed by atoms with Crippen LogP contribution in [0.15, 0.2) is 36.0 Å². The maximum absolute atomic E-state index is 4.20. The number of hydrogen-bond donors (Lipinski definition) is 1. The largest absolute Gasteiger partial charge is 0.313 e. The molecule has 1 aliphatic carbocycles. The molecule has 0 saturated carbocycles. The van der Waals surface area contributed by atoms with Crippen LogP contribution in [0.25, 0.3) is 0 Å². The van der Waals surface area contributed by atoms with Crippen LogP contribution >= 0.6 is 11.3 Å². The van der Waals surface area contributed by atoms with E-state index in [0.717, 1.165) is 13.0 Å². The number of fused-ring (bicyclic) bond motifs is 1. The first-order chi connectivity index (χ1) is 9.38. The number of aromatic nitrogens is 1. The highest BCUT2D eigenvalue weighted by atomic mass is 32.1. The lowest BCUT2D eigenvalue weighted by Crippen LogP contribution is -2.35. The van der Waals surface area contributed by atoms with Crippen LogP contribution in [0.3, 0.4) is 0 Å².